The molecule has 1 aromatic rings. The zero-order chi connectivity index (χ0) is 11.5. The smallest absolute Gasteiger partial charge is 0.308 e. The van der Waals surface area contributed by atoms with Gasteiger partial charge >= 0.3 is 5.97 Å². The average Bonchev–Trinajstić information content (AvgIpc) is 2.61. The number of nitrogens with zero attached hydrogens (tertiary/aromatic N) is 3. The van der Waals surface area contributed by atoms with Crippen molar-refractivity contribution in [2.45, 2.75) is 13.5 Å². The second-order valence-corrected chi connectivity index (χ2v) is 4.32. The highest BCUT2D eigenvalue weighted by molar-refractivity contribution is 5.71. The van der Waals surface area contributed by atoms with Gasteiger partial charge in [-0.15, -0.1) is 0 Å². The third-order valence-corrected chi connectivity index (χ3v) is 3.03. The van der Waals surface area contributed by atoms with Crippen LogP contribution in [0.15, 0.2) is 18.6 Å². The minimum absolute atomic E-state index is 0.208. The first kappa shape index (κ1) is 11.0. The van der Waals surface area contributed by atoms with Crippen molar-refractivity contribution in [3.05, 3.63) is 24.3 Å². The molecule has 1 saturated heterocycles. The van der Waals surface area contributed by atoms with E-state index in [1.54, 1.807) is 6.20 Å². The van der Waals surface area contributed by atoms with Gasteiger partial charge < -0.3 is 5.11 Å². The van der Waals surface area contributed by atoms with Gasteiger partial charge in [-0.1, -0.05) is 6.92 Å². The maximum atomic E-state index is 11.0. The van der Waals surface area contributed by atoms with E-state index in [1.807, 2.05) is 13.0 Å². The number of rotatable bonds is 3. The van der Waals surface area contributed by atoms with Crippen LogP contribution in [0.2, 0.25) is 0 Å². The van der Waals surface area contributed by atoms with Gasteiger partial charge in [-0.2, -0.15) is 0 Å². The van der Waals surface area contributed by atoms with E-state index >= 15 is 0 Å². The average molecular weight is 221 g/mol. The lowest BCUT2D eigenvalue weighted by Gasteiger charge is -2.13. The summed E-state index contributed by atoms with van der Waals surface area (Å²) >= 11 is 0. The largest absolute Gasteiger partial charge is 0.481 e. The summed E-state index contributed by atoms with van der Waals surface area (Å²) in [6, 6.07) is 1.86. The summed E-state index contributed by atoms with van der Waals surface area (Å²) in [5.41, 5.74) is 0.938. The Hall–Kier alpha value is -1.49. The highest BCUT2D eigenvalue weighted by Crippen LogP contribution is 2.24. The zero-order valence-corrected chi connectivity index (χ0v) is 9.21. The summed E-state index contributed by atoms with van der Waals surface area (Å²) in [7, 11) is 0. The minimum Gasteiger partial charge on any atom is -0.481 e. The summed E-state index contributed by atoms with van der Waals surface area (Å²) in [5.74, 6) is -0.737. The number of aliphatic carboxylic acids is 1. The summed E-state index contributed by atoms with van der Waals surface area (Å²) < 4.78 is 0. The Bertz CT molecular complexity index is 369. The number of carbonyl (C=O) groups is 1. The Morgan fingerprint density at radius 2 is 2.44 bits per heavy atom. The van der Waals surface area contributed by atoms with Crippen molar-refractivity contribution in [1.82, 2.24) is 14.9 Å². The maximum absolute atomic E-state index is 11.0. The Labute approximate surface area is 94.1 Å². The van der Waals surface area contributed by atoms with Crippen molar-refractivity contribution >= 4 is 5.97 Å². The number of hydrogen-bond acceptors (Lipinski definition) is 4. The topological polar surface area (TPSA) is 66.3 Å². The number of carboxylic acids is 1. The fraction of sp³-hybridized carbons (Fsp3) is 0.545. The van der Waals surface area contributed by atoms with E-state index in [0.717, 1.165) is 12.2 Å². The number of likely N-dealkylation sites (tertiary alicyclic amines) is 1. The first-order chi connectivity index (χ1) is 7.66. The van der Waals surface area contributed by atoms with Crippen LogP contribution >= 0.6 is 0 Å². The fourth-order valence-corrected chi connectivity index (χ4v) is 2.16. The molecule has 1 aromatic heterocycles. The van der Waals surface area contributed by atoms with Gasteiger partial charge in [0.2, 0.25) is 0 Å². The van der Waals surface area contributed by atoms with Gasteiger partial charge in [-0.05, 0) is 12.0 Å². The van der Waals surface area contributed by atoms with Crippen LogP contribution in [0.3, 0.4) is 0 Å². The van der Waals surface area contributed by atoms with Crippen LogP contribution in [0.25, 0.3) is 0 Å². The number of aromatic nitrogens is 2. The van der Waals surface area contributed by atoms with Gasteiger partial charge in [-0.25, -0.2) is 9.97 Å². The number of hydrogen-bond donors (Lipinski definition) is 1. The maximum Gasteiger partial charge on any atom is 0.308 e. The van der Waals surface area contributed by atoms with Crippen LogP contribution in [0.1, 0.15) is 12.6 Å². The monoisotopic (exact) mass is 221 g/mol. The third-order valence-electron chi connectivity index (χ3n) is 3.03. The van der Waals surface area contributed by atoms with Gasteiger partial charge in [0.1, 0.15) is 6.33 Å². The minimum atomic E-state index is -0.697. The molecular weight excluding hydrogens is 206 g/mol. The SMILES string of the molecule is CC1CN(Cc2ccncn2)CC1C(=O)O. The molecule has 0 saturated carbocycles. The summed E-state index contributed by atoms with van der Waals surface area (Å²) in [6.45, 7) is 4.12. The van der Waals surface area contributed by atoms with E-state index in [9.17, 15) is 4.79 Å². The summed E-state index contributed by atoms with van der Waals surface area (Å²) in [5, 5.41) is 9.02. The van der Waals surface area contributed by atoms with Crippen LogP contribution in [-0.2, 0) is 11.3 Å². The third kappa shape index (κ3) is 2.36. The molecule has 0 bridgehead atoms. The van der Waals surface area contributed by atoms with Gasteiger partial charge in [0.05, 0.1) is 11.6 Å². The normalized spacial score (nSPS) is 25.8. The highest BCUT2D eigenvalue weighted by atomic mass is 16.4. The zero-order valence-electron chi connectivity index (χ0n) is 9.21. The Morgan fingerprint density at radius 3 is 3.00 bits per heavy atom. The molecule has 16 heavy (non-hydrogen) atoms. The van der Waals surface area contributed by atoms with Crippen molar-refractivity contribution in [3.63, 3.8) is 0 Å². The van der Waals surface area contributed by atoms with Crippen LogP contribution in [0.5, 0.6) is 0 Å². The second-order valence-electron chi connectivity index (χ2n) is 4.32. The highest BCUT2D eigenvalue weighted by Gasteiger charge is 2.34. The van der Waals surface area contributed by atoms with E-state index in [2.05, 4.69) is 14.9 Å². The standard InChI is InChI=1S/C11H15N3O2/c1-8-4-14(6-10(8)11(15)16)5-9-2-3-12-7-13-9/h2-3,7-8,10H,4-6H2,1H3,(H,15,16). The van der Waals surface area contributed by atoms with Gasteiger partial charge in [0.25, 0.3) is 0 Å². The van der Waals surface area contributed by atoms with E-state index in [4.69, 9.17) is 5.11 Å². The Morgan fingerprint density at radius 1 is 1.62 bits per heavy atom. The quantitative estimate of drug-likeness (QED) is 0.810. The molecule has 0 aromatic carbocycles. The van der Waals surface area contributed by atoms with Crippen LogP contribution in [-0.4, -0.2) is 39.0 Å². The molecule has 2 unspecified atom stereocenters. The molecule has 1 aliphatic rings. The Kier molecular flexibility index (Phi) is 3.14. The van der Waals surface area contributed by atoms with Crippen molar-refractivity contribution in [1.29, 1.82) is 0 Å². The van der Waals surface area contributed by atoms with Crippen LogP contribution in [0, 0.1) is 11.8 Å². The van der Waals surface area contributed by atoms with Crippen molar-refractivity contribution in [2.24, 2.45) is 11.8 Å². The molecule has 2 heterocycles. The first-order valence-corrected chi connectivity index (χ1v) is 5.37. The molecule has 1 aliphatic heterocycles. The molecule has 0 radical (unpaired) electrons. The van der Waals surface area contributed by atoms with E-state index in [-0.39, 0.29) is 11.8 Å². The van der Waals surface area contributed by atoms with E-state index < -0.39 is 5.97 Å². The fourth-order valence-electron chi connectivity index (χ4n) is 2.16. The molecule has 0 amide bonds. The molecule has 0 aliphatic carbocycles. The molecule has 1 fully saturated rings. The van der Waals surface area contributed by atoms with Gasteiger partial charge in [-0.3, -0.25) is 9.69 Å². The number of carboxylic acid groups (broad SMARTS) is 1. The van der Waals surface area contributed by atoms with Crippen molar-refractivity contribution in [3.8, 4) is 0 Å². The molecule has 2 rings (SSSR count). The van der Waals surface area contributed by atoms with Crippen LogP contribution < -0.4 is 0 Å². The lowest BCUT2D eigenvalue weighted by atomic mass is 9.99. The lowest BCUT2D eigenvalue weighted by molar-refractivity contribution is -0.142. The van der Waals surface area contributed by atoms with Gasteiger partial charge in [0.15, 0.2) is 0 Å². The molecule has 5 nitrogen and oxygen atoms in total. The molecule has 86 valence electrons. The molecule has 2 atom stereocenters. The van der Waals surface area contributed by atoms with Crippen molar-refractivity contribution < 1.29 is 9.90 Å². The second kappa shape index (κ2) is 4.57. The van der Waals surface area contributed by atoms with Crippen LogP contribution in [0.4, 0.5) is 0 Å². The molecule has 0 spiro atoms. The Balaban J connectivity index is 1.96. The molecule has 1 N–H and O–H groups in total. The van der Waals surface area contributed by atoms with Crippen molar-refractivity contribution in [2.75, 3.05) is 13.1 Å². The van der Waals surface area contributed by atoms with E-state index in [0.29, 0.717) is 13.1 Å². The summed E-state index contributed by atoms with van der Waals surface area (Å²) in [4.78, 5) is 21.1. The predicted octanol–water partition coefficient (Wildman–Crippen LogP) is 0.629. The van der Waals surface area contributed by atoms with Gasteiger partial charge in [0, 0.05) is 25.8 Å². The molecule has 5 heteroatoms. The summed E-state index contributed by atoms with van der Waals surface area (Å²) in [6.07, 6.45) is 3.22. The van der Waals surface area contributed by atoms with E-state index in [1.165, 1.54) is 6.33 Å². The molecular formula is C11H15N3O2. The lowest BCUT2D eigenvalue weighted by Crippen LogP contribution is -2.23. The predicted molar refractivity (Wildman–Crippen MR) is 57.6 cm³/mol. The first-order valence-electron chi connectivity index (χ1n) is 5.37.